The van der Waals surface area contributed by atoms with E-state index in [0.717, 1.165) is 47.3 Å². The molecule has 0 aromatic rings. The van der Waals surface area contributed by atoms with Crippen molar-refractivity contribution in [2.45, 2.75) is 66.2 Å². The molecule has 0 aromatic carbocycles. The van der Waals surface area contributed by atoms with Crippen LogP contribution in [0.3, 0.4) is 0 Å². The molecule has 4 fully saturated rings. The van der Waals surface area contributed by atoms with Crippen molar-refractivity contribution in [3.63, 3.8) is 0 Å². The van der Waals surface area contributed by atoms with Crippen molar-refractivity contribution in [3.05, 3.63) is 0 Å². The Balaban J connectivity index is 1.63. The Hall–Kier alpha value is 0. The molecule has 4 rings (SSSR count). The highest BCUT2D eigenvalue weighted by molar-refractivity contribution is 5.13. The number of hydrogen-bond acceptors (Lipinski definition) is 0. The van der Waals surface area contributed by atoms with E-state index in [-0.39, 0.29) is 0 Å². The van der Waals surface area contributed by atoms with Crippen LogP contribution >= 0.6 is 0 Å². The van der Waals surface area contributed by atoms with E-state index in [1.54, 1.807) is 38.5 Å². The average Bonchev–Trinajstić information content (AvgIpc) is 2.74. The largest absolute Gasteiger partial charge is 0.0625 e. The molecule has 0 aliphatic heterocycles. The van der Waals surface area contributed by atoms with Gasteiger partial charge in [0.1, 0.15) is 0 Å². The minimum absolute atomic E-state index is 0.698. The van der Waals surface area contributed by atoms with E-state index in [0.29, 0.717) is 5.41 Å². The van der Waals surface area contributed by atoms with Crippen molar-refractivity contribution in [3.8, 4) is 0 Å². The van der Waals surface area contributed by atoms with Gasteiger partial charge in [-0.2, -0.15) is 0 Å². The molecule has 0 bridgehead atoms. The monoisotopic (exact) mass is 260 g/mol. The Bertz CT molecular complexity index is 368. The Morgan fingerprint density at radius 1 is 0.737 bits per heavy atom. The third-order valence-electron chi connectivity index (χ3n) is 7.88. The topological polar surface area (TPSA) is 0 Å². The van der Waals surface area contributed by atoms with Crippen molar-refractivity contribution in [2.24, 2.45) is 52.8 Å². The zero-order chi connectivity index (χ0) is 13.4. The highest BCUT2D eigenvalue weighted by atomic mass is 14.7. The van der Waals surface area contributed by atoms with E-state index in [2.05, 4.69) is 27.7 Å². The van der Waals surface area contributed by atoms with Crippen LogP contribution in [0.15, 0.2) is 0 Å². The summed E-state index contributed by atoms with van der Waals surface area (Å²) in [6, 6.07) is 0. The summed E-state index contributed by atoms with van der Waals surface area (Å²) in [5.41, 5.74) is 0.698. The lowest BCUT2D eigenvalue weighted by Gasteiger charge is -2.36. The Kier molecular flexibility index (Phi) is 2.69. The van der Waals surface area contributed by atoms with Crippen LogP contribution in [0.2, 0.25) is 0 Å². The van der Waals surface area contributed by atoms with Gasteiger partial charge in [0, 0.05) is 0 Å². The van der Waals surface area contributed by atoms with Gasteiger partial charge in [-0.05, 0) is 91.3 Å². The van der Waals surface area contributed by atoms with Crippen molar-refractivity contribution in [2.75, 3.05) is 0 Å². The van der Waals surface area contributed by atoms with E-state index in [4.69, 9.17) is 0 Å². The van der Waals surface area contributed by atoms with Crippen molar-refractivity contribution < 1.29 is 0 Å². The van der Waals surface area contributed by atoms with Gasteiger partial charge in [-0.3, -0.25) is 0 Å². The van der Waals surface area contributed by atoms with Crippen LogP contribution in [0.5, 0.6) is 0 Å². The van der Waals surface area contributed by atoms with Gasteiger partial charge < -0.3 is 0 Å². The van der Waals surface area contributed by atoms with Crippen LogP contribution in [-0.4, -0.2) is 0 Å². The third-order valence-corrected chi connectivity index (χ3v) is 7.88. The molecule has 0 N–H and O–H groups in total. The Labute approximate surface area is 119 Å². The van der Waals surface area contributed by atoms with Gasteiger partial charge in [0.15, 0.2) is 0 Å². The van der Waals surface area contributed by atoms with Crippen LogP contribution < -0.4 is 0 Å². The van der Waals surface area contributed by atoms with Gasteiger partial charge >= 0.3 is 0 Å². The predicted molar refractivity (Wildman–Crippen MR) is 80.8 cm³/mol. The van der Waals surface area contributed by atoms with Crippen LogP contribution in [0, 0.1) is 52.8 Å². The van der Waals surface area contributed by atoms with Gasteiger partial charge in [-0.25, -0.2) is 0 Å². The van der Waals surface area contributed by atoms with E-state index in [1.807, 2.05) is 0 Å². The molecular formula is C19H32. The minimum atomic E-state index is 0.698. The SMILES string of the molecule is CC1CC2[C@@H](C1)C[C@@H](C)C[C@H]1C3[C@H](CC[C@@H]21)C3(C)C. The summed E-state index contributed by atoms with van der Waals surface area (Å²) in [4.78, 5) is 0. The second kappa shape index (κ2) is 4.01. The average molecular weight is 260 g/mol. The van der Waals surface area contributed by atoms with E-state index >= 15 is 0 Å². The fraction of sp³-hybridized carbons (Fsp3) is 1.00. The molecule has 4 aliphatic rings. The van der Waals surface area contributed by atoms with Crippen molar-refractivity contribution in [1.29, 1.82) is 0 Å². The number of rotatable bonds is 0. The summed E-state index contributed by atoms with van der Waals surface area (Å²) in [6.07, 6.45) is 9.38. The molecule has 0 heteroatoms. The van der Waals surface area contributed by atoms with Gasteiger partial charge in [-0.1, -0.05) is 27.7 Å². The number of hydrogen-bond donors (Lipinski definition) is 0. The third kappa shape index (κ3) is 1.77. The maximum absolute atomic E-state index is 2.56. The smallest absolute Gasteiger partial charge is 0.0289 e. The van der Waals surface area contributed by atoms with Crippen LogP contribution in [0.25, 0.3) is 0 Å². The van der Waals surface area contributed by atoms with E-state index in [9.17, 15) is 0 Å². The Morgan fingerprint density at radius 2 is 1.37 bits per heavy atom. The normalized spacial score (nSPS) is 58.7. The molecule has 0 spiro atoms. The molecule has 0 radical (unpaired) electrons. The molecule has 0 amide bonds. The lowest BCUT2D eigenvalue weighted by molar-refractivity contribution is 0.129. The second-order valence-electron chi connectivity index (χ2n) is 9.44. The maximum Gasteiger partial charge on any atom is -0.0289 e. The van der Waals surface area contributed by atoms with Crippen LogP contribution in [-0.2, 0) is 0 Å². The maximum atomic E-state index is 2.56. The van der Waals surface area contributed by atoms with E-state index < -0.39 is 0 Å². The molecule has 19 heavy (non-hydrogen) atoms. The molecule has 0 saturated heterocycles. The first-order chi connectivity index (χ1) is 8.98. The zero-order valence-corrected chi connectivity index (χ0v) is 13.4. The molecule has 0 nitrogen and oxygen atoms in total. The number of fused-ring (bicyclic) bond motifs is 5. The summed E-state index contributed by atoms with van der Waals surface area (Å²) in [5, 5.41) is 0. The fourth-order valence-electron chi connectivity index (χ4n) is 7.21. The highest BCUT2D eigenvalue weighted by Gasteiger charge is 2.65. The van der Waals surface area contributed by atoms with E-state index in [1.165, 1.54) is 0 Å². The van der Waals surface area contributed by atoms with Crippen molar-refractivity contribution in [1.82, 2.24) is 0 Å². The quantitative estimate of drug-likeness (QED) is 0.549. The summed E-state index contributed by atoms with van der Waals surface area (Å²) in [7, 11) is 0. The van der Waals surface area contributed by atoms with Gasteiger partial charge in [0.2, 0.25) is 0 Å². The van der Waals surface area contributed by atoms with Gasteiger partial charge in [-0.15, -0.1) is 0 Å². The second-order valence-corrected chi connectivity index (χ2v) is 9.44. The van der Waals surface area contributed by atoms with Crippen molar-refractivity contribution >= 4 is 0 Å². The Morgan fingerprint density at radius 3 is 2.05 bits per heavy atom. The summed E-state index contributed by atoms with van der Waals surface area (Å²) in [5.74, 6) is 8.64. The lowest BCUT2D eigenvalue weighted by Crippen LogP contribution is -2.29. The highest BCUT2D eigenvalue weighted by Crippen LogP contribution is 2.71. The molecule has 8 atom stereocenters. The molecule has 0 heterocycles. The van der Waals surface area contributed by atoms with Gasteiger partial charge in [0.25, 0.3) is 0 Å². The summed E-state index contributed by atoms with van der Waals surface area (Å²) < 4.78 is 0. The predicted octanol–water partition coefficient (Wildman–Crippen LogP) is 5.38. The molecular weight excluding hydrogens is 228 g/mol. The zero-order valence-electron chi connectivity index (χ0n) is 13.4. The van der Waals surface area contributed by atoms with Crippen LogP contribution in [0.1, 0.15) is 66.2 Å². The van der Waals surface area contributed by atoms with Gasteiger partial charge in [0.05, 0.1) is 0 Å². The fourth-order valence-corrected chi connectivity index (χ4v) is 7.21. The minimum Gasteiger partial charge on any atom is -0.0625 e. The standard InChI is InChI=1S/C19H32/c1-11-7-13-8-12(2)10-16-14(15(13)9-11)5-6-17-18(16)19(17,3)4/h11-18H,5-10H2,1-4H3/t11?,12-,13+,14+,15?,16-,17+,18?/m1/s1. The first-order valence-corrected chi connectivity index (χ1v) is 8.98. The first-order valence-electron chi connectivity index (χ1n) is 8.98. The molecule has 108 valence electrons. The summed E-state index contributed by atoms with van der Waals surface area (Å²) >= 11 is 0. The molecule has 4 aliphatic carbocycles. The van der Waals surface area contributed by atoms with Crippen LogP contribution in [0.4, 0.5) is 0 Å². The first kappa shape index (κ1) is 12.7. The molecule has 3 unspecified atom stereocenters. The lowest BCUT2D eigenvalue weighted by atomic mass is 9.69. The summed E-state index contributed by atoms with van der Waals surface area (Å²) in [6.45, 7) is 10.2. The molecule has 0 aromatic heterocycles. The molecule has 4 saturated carbocycles.